The molecule has 1 aromatic rings. The number of nitrogens with zero attached hydrogens (tertiary/aromatic N) is 3. The molecule has 144 valence electrons. The van der Waals surface area contributed by atoms with Gasteiger partial charge in [0.1, 0.15) is 11.4 Å². The van der Waals surface area contributed by atoms with Crippen LogP contribution in [0.5, 0.6) is 0 Å². The molecule has 0 unspecified atom stereocenters. The minimum Gasteiger partial charge on any atom is -0.444 e. The van der Waals surface area contributed by atoms with E-state index in [0.29, 0.717) is 13.1 Å². The molecule has 0 bridgehead atoms. The topological polar surface area (TPSA) is 54.9 Å². The normalized spacial score (nSPS) is 21.6. The molecule has 6 nitrogen and oxygen atoms in total. The number of fused-ring (bicyclic) bond motifs is 1. The number of rotatable bonds is 1. The van der Waals surface area contributed by atoms with E-state index in [1.165, 1.54) is 5.56 Å². The summed E-state index contributed by atoms with van der Waals surface area (Å²) in [5.41, 5.74) is 1.87. The molecule has 2 aliphatic heterocycles. The van der Waals surface area contributed by atoms with Gasteiger partial charge in [0.2, 0.25) is 0 Å². The molecule has 0 radical (unpaired) electrons. The number of carbonyl (C=O) groups excluding carboxylic acids is 1. The first-order valence-corrected chi connectivity index (χ1v) is 9.64. The maximum atomic E-state index is 12.5. The summed E-state index contributed by atoms with van der Waals surface area (Å²) in [5.74, 6) is 1.20. The van der Waals surface area contributed by atoms with E-state index >= 15 is 0 Å². The Hall–Kier alpha value is -1.82. The molecule has 26 heavy (non-hydrogen) atoms. The lowest BCUT2D eigenvalue weighted by atomic mass is 10.0. The summed E-state index contributed by atoms with van der Waals surface area (Å²) >= 11 is 0. The van der Waals surface area contributed by atoms with Gasteiger partial charge in [-0.05, 0) is 45.2 Å². The van der Waals surface area contributed by atoms with E-state index < -0.39 is 5.60 Å². The number of amides is 1. The SMILES string of the molecule is C[C@H]1CN(C(=O)OC(C)(C)C)CCc2ccc(N3CCCOCC3)nc21. The maximum Gasteiger partial charge on any atom is 0.410 e. The van der Waals surface area contributed by atoms with E-state index in [9.17, 15) is 4.79 Å². The van der Waals surface area contributed by atoms with Crippen LogP contribution < -0.4 is 4.90 Å². The average Bonchev–Trinajstić information content (AvgIpc) is 2.93. The number of carbonyl (C=O) groups is 1. The van der Waals surface area contributed by atoms with Crippen LogP contribution in [0.4, 0.5) is 10.6 Å². The van der Waals surface area contributed by atoms with Gasteiger partial charge in [-0.1, -0.05) is 13.0 Å². The molecular weight excluding hydrogens is 330 g/mol. The quantitative estimate of drug-likeness (QED) is 0.769. The summed E-state index contributed by atoms with van der Waals surface area (Å²) in [4.78, 5) is 21.6. The van der Waals surface area contributed by atoms with Crippen LogP contribution in [0.3, 0.4) is 0 Å². The maximum absolute atomic E-state index is 12.5. The Morgan fingerprint density at radius 3 is 2.81 bits per heavy atom. The van der Waals surface area contributed by atoms with Crippen LogP contribution in [0.25, 0.3) is 0 Å². The average molecular weight is 361 g/mol. The highest BCUT2D eigenvalue weighted by Crippen LogP contribution is 2.27. The van der Waals surface area contributed by atoms with Crippen LogP contribution >= 0.6 is 0 Å². The van der Waals surface area contributed by atoms with Gasteiger partial charge in [0.05, 0.1) is 12.3 Å². The minimum absolute atomic E-state index is 0.184. The van der Waals surface area contributed by atoms with E-state index in [4.69, 9.17) is 14.5 Å². The fourth-order valence-electron chi connectivity index (χ4n) is 3.54. The molecule has 1 amide bonds. The Labute approximate surface area is 156 Å². The van der Waals surface area contributed by atoms with E-state index in [1.807, 2.05) is 25.7 Å². The van der Waals surface area contributed by atoms with Crippen molar-refractivity contribution in [2.45, 2.75) is 52.1 Å². The zero-order chi connectivity index (χ0) is 18.7. The number of pyridine rings is 1. The predicted molar refractivity (Wildman–Crippen MR) is 102 cm³/mol. The second kappa shape index (κ2) is 7.82. The van der Waals surface area contributed by atoms with Gasteiger partial charge in [-0.25, -0.2) is 9.78 Å². The molecule has 0 aliphatic carbocycles. The first-order valence-electron chi connectivity index (χ1n) is 9.64. The molecule has 0 N–H and O–H groups in total. The summed E-state index contributed by atoms with van der Waals surface area (Å²) < 4.78 is 11.1. The highest BCUT2D eigenvalue weighted by Gasteiger charge is 2.28. The summed E-state index contributed by atoms with van der Waals surface area (Å²) in [7, 11) is 0. The largest absolute Gasteiger partial charge is 0.444 e. The lowest BCUT2D eigenvalue weighted by Gasteiger charge is -2.27. The zero-order valence-corrected chi connectivity index (χ0v) is 16.5. The number of hydrogen-bond acceptors (Lipinski definition) is 5. The molecule has 0 spiro atoms. The van der Waals surface area contributed by atoms with Gasteiger partial charge in [0, 0.05) is 38.7 Å². The van der Waals surface area contributed by atoms with Gasteiger partial charge in [-0.15, -0.1) is 0 Å². The molecular formula is C20H31N3O3. The van der Waals surface area contributed by atoms with Crippen molar-refractivity contribution in [2.24, 2.45) is 0 Å². The van der Waals surface area contributed by atoms with Crippen LogP contribution in [0.2, 0.25) is 0 Å². The number of aromatic nitrogens is 1. The van der Waals surface area contributed by atoms with Crippen molar-refractivity contribution in [3.05, 3.63) is 23.4 Å². The van der Waals surface area contributed by atoms with Crippen LogP contribution in [0, 0.1) is 0 Å². The van der Waals surface area contributed by atoms with Gasteiger partial charge in [0.25, 0.3) is 0 Å². The molecule has 1 fully saturated rings. The van der Waals surface area contributed by atoms with Crippen molar-refractivity contribution >= 4 is 11.9 Å². The van der Waals surface area contributed by atoms with Crippen molar-refractivity contribution in [3.8, 4) is 0 Å². The third-order valence-corrected chi connectivity index (χ3v) is 4.81. The molecule has 1 aromatic heterocycles. The minimum atomic E-state index is -0.472. The van der Waals surface area contributed by atoms with Crippen LogP contribution in [-0.2, 0) is 15.9 Å². The first-order chi connectivity index (χ1) is 12.3. The number of anilines is 1. The summed E-state index contributed by atoms with van der Waals surface area (Å²) in [5, 5.41) is 0. The Morgan fingerprint density at radius 1 is 1.23 bits per heavy atom. The molecule has 6 heteroatoms. The Balaban J connectivity index is 1.75. The molecule has 1 saturated heterocycles. The third kappa shape index (κ3) is 4.67. The van der Waals surface area contributed by atoms with Gasteiger partial charge in [-0.2, -0.15) is 0 Å². The number of hydrogen-bond donors (Lipinski definition) is 0. The Kier molecular flexibility index (Phi) is 5.70. The summed E-state index contributed by atoms with van der Waals surface area (Å²) in [6.07, 6.45) is 1.61. The van der Waals surface area contributed by atoms with E-state index in [-0.39, 0.29) is 12.0 Å². The molecule has 3 heterocycles. The highest BCUT2D eigenvalue weighted by molar-refractivity contribution is 5.68. The smallest absolute Gasteiger partial charge is 0.410 e. The molecule has 0 saturated carbocycles. The summed E-state index contributed by atoms with van der Waals surface area (Å²) in [6.45, 7) is 12.6. The van der Waals surface area contributed by atoms with Gasteiger partial charge >= 0.3 is 6.09 Å². The van der Waals surface area contributed by atoms with Crippen molar-refractivity contribution in [1.82, 2.24) is 9.88 Å². The Morgan fingerprint density at radius 2 is 2.04 bits per heavy atom. The van der Waals surface area contributed by atoms with E-state index in [1.54, 1.807) is 0 Å². The molecule has 0 aromatic carbocycles. The predicted octanol–water partition coefficient (Wildman–Crippen LogP) is 3.21. The number of ether oxygens (including phenoxy) is 2. The standard InChI is InChI=1S/C20H31N3O3/c1-15-14-23(19(24)26-20(2,3)4)10-8-16-6-7-17(21-18(15)16)22-9-5-12-25-13-11-22/h6-7,15H,5,8-14H2,1-4H3/t15-/m0/s1. The molecule has 1 atom stereocenters. The fraction of sp³-hybridized carbons (Fsp3) is 0.700. The van der Waals surface area contributed by atoms with E-state index in [2.05, 4.69) is 24.0 Å². The fourth-order valence-corrected chi connectivity index (χ4v) is 3.54. The van der Waals surface area contributed by atoms with Gasteiger partial charge < -0.3 is 19.3 Å². The van der Waals surface area contributed by atoms with Crippen molar-refractivity contribution in [3.63, 3.8) is 0 Å². The monoisotopic (exact) mass is 361 g/mol. The third-order valence-electron chi connectivity index (χ3n) is 4.81. The molecule has 2 aliphatic rings. The Bertz CT molecular complexity index is 634. The zero-order valence-electron chi connectivity index (χ0n) is 16.5. The summed E-state index contributed by atoms with van der Waals surface area (Å²) in [6, 6.07) is 4.29. The second-order valence-corrected chi connectivity index (χ2v) is 8.24. The van der Waals surface area contributed by atoms with Gasteiger partial charge in [-0.3, -0.25) is 0 Å². The van der Waals surface area contributed by atoms with Crippen LogP contribution in [-0.4, -0.2) is 61.0 Å². The lowest BCUT2D eigenvalue weighted by molar-refractivity contribution is 0.0248. The van der Waals surface area contributed by atoms with Gasteiger partial charge in [0.15, 0.2) is 0 Å². The van der Waals surface area contributed by atoms with Crippen LogP contribution in [0.1, 0.15) is 51.3 Å². The lowest BCUT2D eigenvalue weighted by Crippen LogP contribution is -2.38. The second-order valence-electron chi connectivity index (χ2n) is 8.24. The van der Waals surface area contributed by atoms with Crippen molar-refractivity contribution < 1.29 is 14.3 Å². The van der Waals surface area contributed by atoms with E-state index in [0.717, 1.165) is 50.7 Å². The van der Waals surface area contributed by atoms with Crippen LogP contribution in [0.15, 0.2) is 12.1 Å². The molecule has 3 rings (SSSR count). The highest BCUT2D eigenvalue weighted by atomic mass is 16.6. The first kappa shape index (κ1) is 19.0. The van der Waals surface area contributed by atoms with Crippen molar-refractivity contribution in [1.29, 1.82) is 0 Å². The van der Waals surface area contributed by atoms with Crippen molar-refractivity contribution in [2.75, 3.05) is 44.3 Å².